The zero-order valence-electron chi connectivity index (χ0n) is 20.6. The maximum absolute atomic E-state index is 7.18. The van der Waals surface area contributed by atoms with Crippen LogP contribution in [0.5, 0.6) is 0 Å². The first-order valence-electron chi connectivity index (χ1n) is 12.8. The molecule has 0 heterocycles. The molecule has 5 rings (SSSR count). The number of hydrogen-bond donors (Lipinski definition) is 0. The van der Waals surface area contributed by atoms with Crippen LogP contribution in [-0.4, -0.2) is 14.9 Å². The lowest BCUT2D eigenvalue weighted by Crippen LogP contribution is -2.69. The molecular formula is C33H34OSi. The van der Waals surface area contributed by atoms with Gasteiger partial charge in [0.25, 0.3) is 8.32 Å². The lowest BCUT2D eigenvalue weighted by atomic mass is 9.71. The molecule has 0 saturated heterocycles. The molecule has 0 unspecified atom stereocenters. The summed E-state index contributed by atoms with van der Waals surface area (Å²) in [5.41, 5.74) is 3.16. The van der Waals surface area contributed by atoms with Crippen LogP contribution in [0.2, 0.25) is 0 Å². The lowest BCUT2D eigenvalue weighted by Gasteiger charge is -2.36. The van der Waals surface area contributed by atoms with Crippen LogP contribution in [-0.2, 0) is 4.43 Å². The van der Waals surface area contributed by atoms with Crippen molar-refractivity contribution in [1.82, 2.24) is 0 Å². The van der Waals surface area contributed by atoms with Crippen LogP contribution in [0.25, 0.3) is 0 Å². The van der Waals surface area contributed by atoms with Crippen molar-refractivity contribution in [3.63, 3.8) is 0 Å². The monoisotopic (exact) mass is 474 g/mol. The van der Waals surface area contributed by atoms with Gasteiger partial charge in [0.05, 0.1) is 0 Å². The minimum absolute atomic E-state index is 0.0901. The second-order valence-electron chi connectivity index (χ2n) is 9.71. The minimum atomic E-state index is -2.64. The maximum Gasteiger partial charge on any atom is 0.288 e. The molecule has 35 heavy (non-hydrogen) atoms. The highest BCUT2D eigenvalue weighted by atomic mass is 28.4. The molecule has 0 amide bonds. The molecule has 0 aliphatic heterocycles. The topological polar surface area (TPSA) is 9.23 Å². The number of rotatable bonds is 10. The average Bonchev–Trinajstić information content (AvgIpc) is 3.66. The van der Waals surface area contributed by atoms with Gasteiger partial charge in [-0.1, -0.05) is 146 Å². The van der Waals surface area contributed by atoms with Crippen LogP contribution in [0.3, 0.4) is 0 Å². The molecule has 0 bridgehead atoms. The van der Waals surface area contributed by atoms with E-state index in [-0.39, 0.29) is 5.41 Å². The molecule has 1 nitrogen and oxygen atoms in total. The van der Waals surface area contributed by atoms with E-state index >= 15 is 0 Å². The van der Waals surface area contributed by atoms with Crippen molar-refractivity contribution < 1.29 is 4.43 Å². The summed E-state index contributed by atoms with van der Waals surface area (Å²) < 4.78 is 7.18. The summed E-state index contributed by atoms with van der Waals surface area (Å²) in [6.45, 7) is 3.17. The predicted molar refractivity (Wildman–Crippen MR) is 151 cm³/mol. The summed E-state index contributed by atoms with van der Waals surface area (Å²) in [7, 11) is -2.64. The van der Waals surface area contributed by atoms with Gasteiger partial charge in [0, 0.05) is 12.0 Å². The second kappa shape index (κ2) is 10.6. The van der Waals surface area contributed by atoms with Gasteiger partial charge in [0.15, 0.2) is 0 Å². The highest BCUT2D eigenvalue weighted by Crippen LogP contribution is 2.45. The van der Waals surface area contributed by atoms with Crippen molar-refractivity contribution in [1.29, 1.82) is 0 Å². The van der Waals surface area contributed by atoms with E-state index in [9.17, 15) is 0 Å². The third kappa shape index (κ3) is 4.69. The van der Waals surface area contributed by atoms with Crippen molar-refractivity contribution in [2.75, 3.05) is 6.61 Å². The van der Waals surface area contributed by atoms with E-state index < -0.39 is 8.32 Å². The predicted octanol–water partition coefficient (Wildman–Crippen LogP) is 6.23. The van der Waals surface area contributed by atoms with Gasteiger partial charge in [-0.3, -0.25) is 0 Å². The second-order valence-corrected chi connectivity index (χ2v) is 13.1. The highest BCUT2D eigenvalue weighted by Gasteiger charge is 2.42. The summed E-state index contributed by atoms with van der Waals surface area (Å²) in [5, 5.41) is 3.89. The Labute approximate surface area is 211 Å². The Bertz CT molecular complexity index is 1110. The van der Waals surface area contributed by atoms with E-state index in [0.717, 1.165) is 32.3 Å². The Balaban J connectivity index is 1.45. The van der Waals surface area contributed by atoms with Gasteiger partial charge < -0.3 is 4.43 Å². The maximum atomic E-state index is 7.18. The Kier molecular flexibility index (Phi) is 7.13. The SMILES string of the molecule is CC(CCCO[Si](c1ccccc1)(c1ccccc1)c1ccccc1)(C1=CC=CC1)C1=CC=CC1. The summed E-state index contributed by atoms with van der Waals surface area (Å²) in [6.07, 6.45) is 17.9. The molecule has 176 valence electrons. The molecule has 0 atom stereocenters. The first-order chi connectivity index (χ1) is 17.2. The first-order valence-corrected chi connectivity index (χ1v) is 14.7. The molecule has 0 fully saturated rings. The van der Waals surface area contributed by atoms with E-state index in [1.807, 2.05) is 0 Å². The van der Waals surface area contributed by atoms with E-state index in [1.165, 1.54) is 26.7 Å². The lowest BCUT2D eigenvalue weighted by molar-refractivity contribution is 0.284. The van der Waals surface area contributed by atoms with E-state index in [1.54, 1.807) is 0 Å². The van der Waals surface area contributed by atoms with Crippen LogP contribution < -0.4 is 15.6 Å². The van der Waals surface area contributed by atoms with Gasteiger partial charge in [-0.2, -0.15) is 0 Å². The summed E-state index contributed by atoms with van der Waals surface area (Å²) >= 11 is 0. The van der Waals surface area contributed by atoms with Crippen LogP contribution in [0.15, 0.2) is 139 Å². The van der Waals surface area contributed by atoms with Gasteiger partial charge in [-0.25, -0.2) is 0 Å². The van der Waals surface area contributed by atoms with Crippen LogP contribution in [0.4, 0.5) is 0 Å². The van der Waals surface area contributed by atoms with Gasteiger partial charge in [-0.15, -0.1) is 0 Å². The minimum Gasteiger partial charge on any atom is -0.404 e. The van der Waals surface area contributed by atoms with Crippen LogP contribution in [0, 0.1) is 5.41 Å². The van der Waals surface area contributed by atoms with Gasteiger partial charge >= 0.3 is 0 Å². The third-order valence-electron chi connectivity index (χ3n) is 7.64. The molecule has 0 N–H and O–H groups in total. The fourth-order valence-electron chi connectivity index (χ4n) is 5.66. The summed E-state index contributed by atoms with van der Waals surface area (Å²) in [6, 6.07) is 32.6. The summed E-state index contributed by atoms with van der Waals surface area (Å²) in [4.78, 5) is 0. The number of allylic oxidation sites excluding steroid dienone is 8. The normalized spacial score (nSPS) is 15.3. The van der Waals surface area contributed by atoms with E-state index in [2.05, 4.69) is 134 Å². The number of benzene rings is 3. The Morgan fingerprint density at radius 1 is 0.657 bits per heavy atom. The van der Waals surface area contributed by atoms with Crippen LogP contribution >= 0.6 is 0 Å². The zero-order valence-corrected chi connectivity index (χ0v) is 21.6. The van der Waals surface area contributed by atoms with Crippen molar-refractivity contribution >= 4 is 23.9 Å². The van der Waals surface area contributed by atoms with Crippen molar-refractivity contribution in [2.24, 2.45) is 5.41 Å². The van der Waals surface area contributed by atoms with E-state index in [0.29, 0.717) is 0 Å². The molecule has 0 radical (unpaired) electrons. The molecule has 2 heteroatoms. The molecule has 2 aliphatic carbocycles. The Morgan fingerprint density at radius 3 is 1.46 bits per heavy atom. The average molecular weight is 475 g/mol. The highest BCUT2D eigenvalue weighted by molar-refractivity contribution is 7.07. The fourth-order valence-corrected chi connectivity index (χ4v) is 9.60. The zero-order chi connectivity index (χ0) is 24.0. The van der Waals surface area contributed by atoms with Gasteiger partial charge in [-0.05, 0) is 41.2 Å². The third-order valence-corrected chi connectivity index (χ3v) is 11.7. The molecule has 3 aromatic rings. The largest absolute Gasteiger partial charge is 0.404 e. The number of hydrogen-bond acceptors (Lipinski definition) is 1. The molecular weight excluding hydrogens is 440 g/mol. The van der Waals surface area contributed by atoms with Crippen LogP contribution in [0.1, 0.15) is 32.6 Å². The van der Waals surface area contributed by atoms with Crippen molar-refractivity contribution in [2.45, 2.75) is 32.6 Å². The molecule has 0 aromatic heterocycles. The van der Waals surface area contributed by atoms with E-state index in [4.69, 9.17) is 4.43 Å². The Hall–Kier alpha value is -3.20. The summed E-state index contributed by atoms with van der Waals surface area (Å²) in [5.74, 6) is 0. The quantitative estimate of drug-likeness (QED) is 0.192. The molecule has 3 aromatic carbocycles. The smallest absolute Gasteiger partial charge is 0.288 e. The standard InChI is InChI=1S/C33H34OSi/c1-33(28-16-11-12-17-28,29-18-13-14-19-29)26-15-27-34-35(30-20-5-2-6-21-30,31-22-7-3-8-23-31)32-24-9-4-10-25-32/h2-14,16,18,20-25H,15,17,19,26-27H2,1H3. The molecule has 0 spiro atoms. The first kappa shape index (κ1) is 23.5. The van der Waals surface area contributed by atoms with Crippen molar-refractivity contribution in [3.8, 4) is 0 Å². The molecule has 2 aliphatic rings. The van der Waals surface area contributed by atoms with Gasteiger partial charge in [0.1, 0.15) is 0 Å². The Morgan fingerprint density at radius 2 is 1.09 bits per heavy atom. The van der Waals surface area contributed by atoms with Crippen molar-refractivity contribution in [3.05, 3.63) is 139 Å². The molecule has 0 saturated carbocycles. The fraction of sp³-hybridized carbons (Fsp3) is 0.212. The van der Waals surface area contributed by atoms with Gasteiger partial charge in [0.2, 0.25) is 0 Å².